The summed E-state index contributed by atoms with van der Waals surface area (Å²) in [6.07, 6.45) is -0.924. The van der Waals surface area contributed by atoms with Crippen molar-refractivity contribution in [1.29, 1.82) is 0 Å². The van der Waals surface area contributed by atoms with Crippen LogP contribution in [0.3, 0.4) is 0 Å². The second-order valence-corrected chi connectivity index (χ2v) is 9.39. The summed E-state index contributed by atoms with van der Waals surface area (Å²) in [5.41, 5.74) is -0.567. The number of piperazine rings is 1. The van der Waals surface area contributed by atoms with Crippen molar-refractivity contribution in [2.45, 2.75) is 44.1 Å². The molecule has 160 valence electrons. The van der Waals surface area contributed by atoms with Crippen LogP contribution in [0.5, 0.6) is 5.75 Å². The van der Waals surface area contributed by atoms with E-state index < -0.39 is 11.7 Å². The first-order chi connectivity index (χ1) is 14.1. The van der Waals surface area contributed by atoms with E-state index in [0.717, 1.165) is 43.9 Å². The molecule has 0 aliphatic carbocycles. The minimum atomic E-state index is -3.77. The Kier molecular flexibility index (Phi) is 4.32. The Morgan fingerprint density at radius 1 is 1.27 bits per heavy atom. The molecular weight excluding hydrogens is 412 g/mol. The number of imidazole rings is 1. The SMILES string of the molecule is Cn1c(N2CC3CC(C2)N3)nc2c(-c3nccs3)ccc(OC(F)(F)C(C)(C)O)c21. The summed E-state index contributed by atoms with van der Waals surface area (Å²) in [6, 6.07) is 4.05. The number of anilines is 1. The number of benzene rings is 1. The molecule has 0 spiro atoms. The zero-order chi connectivity index (χ0) is 21.3. The van der Waals surface area contributed by atoms with Crippen molar-refractivity contribution in [3.63, 3.8) is 0 Å². The number of thiazole rings is 1. The van der Waals surface area contributed by atoms with Gasteiger partial charge in [0.25, 0.3) is 0 Å². The Morgan fingerprint density at radius 2 is 1.97 bits per heavy atom. The van der Waals surface area contributed by atoms with Crippen LogP contribution in [0.2, 0.25) is 0 Å². The first-order valence-electron chi connectivity index (χ1n) is 9.83. The van der Waals surface area contributed by atoms with E-state index in [1.54, 1.807) is 23.9 Å². The molecule has 30 heavy (non-hydrogen) atoms. The molecule has 0 radical (unpaired) electrons. The van der Waals surface area contributed by atoms with Gasteiger partial charge in [0.05, 0.1) is 0 Å². The van der Waals surface area contributed by atoms with E-state index in [2.05, 4.69) is 15.2 Å². The molecule has 6 rings (SSSR count). The third-order valence-corrected chi connectivity index (χ3v) is 6.59. The largest absolute Gasteiger partial charge is 0.428 e. The number of hydrogen-bond donors (Lipinski definition) is 2. The van der Waals surface area contributed by atoms with Crippen LogP contribution >= 0.6 is 11.3 Å². The van der Waals surface area contributed by atoms with Crippen LogP contribution in [0.4, 0.5) is 14.7 Å². The first kappa shape index (κ1) is 19.7. The number of nitrogens with one attached hydrogen (secondary N) is 1. The summed E-state index contributed by atoms with van der Waals surface area (Å²) >= 11 is 1.46. The van der Waals surface area contributed by atoms with Crippen LogP contribution in [0.25, 0.3) is 21.6 Å². The van der Waals surface area contributed by atoms with E-state index in [-0.39, 0.29) is 5.75 Å². The highest BCUT2D eigenvalue weighted by atomic mass is 32.1. The van der Waals surface area contributed by atoms with E-state index in [9.17, 15) is 13.9 Å². The molecular formula is C20H23F2N5O2S. The van der Waals surface area contributed by atoms with Gasteiger partial charge >= 0.3 is 6.11 Å². The molecule has 2 bridgehead atoms. The van der Waals surface area contributed by atoms with Gasteiger partial charge in [0.2, 0.25) is 5.95 Å². The molecule has 3 aliphatic rings. The van der Waals surface area contributed by atoms with E-state index >= 15 is 0 Å². The highest BCUT2D eigenvalue weighted by Gasteiger charge is 2.49. The molecule has 2 aromatic heterocycles. The molecule has 10 heteroatoms. The van der Waals surface area contributed by atoms with Gasteiger partial charge in [-0.25, -0.2) is 9.97 Å². The minimum Gasteiger partial charge on any atom is -0.428 e. The van der Waals surface area contributed by atoms with Crippen molar-refractivity contribution in [3.8, 4) is 16.3 Å². The van der Waals surface area contributed by atoms with Crippen molar-refractivity contribution >= 4 is 28.3 Å². The molecule has 3 aromatic rings. The number of nitrogens with zero attached hydrogens (tertiary/aromatic N) is 4. The highest BCUT2D eigenvalue weighted by molar-refractivity contribution is 7.13. The van der Waals surface area contributed by atoms with E-state index in [1.807, 2.05) is 5.38 Å². The fraction of sp³-hybridized carbons (Fsp3) is 0.500. The Labute approximate surface area is 176 Å². The van der Waals surface area contributed by atoms with Crippen LogP contribution in [-0.2, 0) is 7.05 Å². The number of ether oxygens (including phenoxy) is 1. The Morgan fingerprint density at radius 3 is 2.57 bits per heavy atom. The maximum Gasteiger partial charge on any atom is 0.426 e. The van der Waals surface area contributed by atoms with Gasteiger partial charge in [0, 0.05) is 49.4 Å². The van der Waals surface area contributed by atoms with Crippen LogP contribution in [0, 0.1) is 0 Å². The minimum absolute atomic E-state index is 0.0287. The van der Waals surface area contributed by atoms with Crippen molar-refractivity contribution in [2.75, 3.05) is 18.0 Å². The van der Waals surface area contributed by atoms with Crippen molar-refractivity contribution < 1.29 is 18.6 Å². The third-order valence-electron chi connectivity index (χ3n) is 5.78. The smallest absolute Gasteiger partial charge is 0.426 e. The number of piperidine rings is 1. The number of aromatic nitrogens is 3. The van der Waals surface area contributed by atoms with Crippen LogP contribution in [-0.4, -0.2) is 56.5 Å². The summed E-state index contributed by atoms with van der Waals surface area (Å²) in [6.45, 7) is 3.68. The first-order valence-corrected chi connectivity index (χ1v) is 10.7. The van der Waals surface area contributed by atoms with Gasteiger partial charge < -0.3 is 24.6 Å². The quantitative estimate of drug-likeness (QED) is 0.642. The number of hydrogen-bond acceptors (Lipinski definition) is 7. The van der Waals surface area contributed by atoms with Gasteiger partial charge in [-0.2, -0.15) is 8.78 Å². The molecule has 0 saturated carbocycles. The van der Waals surface area contributed by atoms with E-state index in [0.29, 0.717) is 29.1 Å². The average Bonchev–Trinajstić information content (AvgIpc) is 3.29. The van der Waals surface area contributed by atoms with Crippen molar-refractivity contribution in [3.05, 3.63) is 23.7 Å². The Hall–Kier alpha value is -2.30. The van der Waals surface area contributed by atoms with Gasteiger partial charge in [-0.3, -0.25) is 0 Å². The molecule has 5 heterocycles. The fourth-order valence-corrected chi connectivity index (χ4v) is 4.77. The molecule has 3 saturated heterocycles. The number of rotatable bonds is 5. The van der Waals surface area contributed by atoms with Gasteiger partial charge in [0.1, 0.15) is 16.0 Å². The van der Waals surface area contributed by atoms with E-state index in [4.69, 9.17) is 9.72 Å². The summed E-state index contributed by atoms with van der Waals surface area (Å²) in [7, 11) is 1.80. The normalized spacial score (nSPS) is 21.7. The highest BCUT2D eigenvalue weighted by Crippen LogP contribution is 2.41. The Bertz CT molecular complexity index is 1080. The van der Waals surface area contributed by atoms with Gasteiger partial charge in [-0.1, -0.05) is 0 Å². The van der Waals surface area contributed by atoms with Crippen LogP contribution in [0.15, 0.2) is 23.7 Å². The number of aliphatic hydroxyl groups is 1. The Balaban J connectivity index is 1.65. The topological polar surface area (TPSA) is 75.4 Å². The van der Waals surface area contributed by atoms with Gasteiger partial charge in [-0.05, 0) is 32.4 Å². The molecule has 2 N–H and O–H groups in total. The third kappa shape index (κ3) is 3.05. The number of fused-ring (bicyclic) bond motifs is 3. The second kappa shape index (κ2) is 6.60. The zero-order valence-electron chi connectivity index (χ0n) is 16.9. The van der Waals surface area contributed by atoms with Crippen molar-refractivity contribution in [2.24, 2.45) is 7.05 Å². The number of alkyl halides is 2. The zero-order valence-corrected chi connectivity index (χ0v) is 17.7. The lowest BCUT2D eigenvalue weighted by Gasteiger charge is -2.48. The van der Waals surface area contributed by atoms with E-state index in [1.165, 1.54) is 17.4 Å². The predicted molar refractivity (Wildman–Crippen MR) is 111 cm³/mol. The van der Waals surface area contributed by atoms with Gasteiger partial charge in [-0.15, -0.1) is 11.3 Å². The summed E-state index contributed by atoms with van der Waals surface area (Å²) in [5.74, 6) is 0.681. The van der Waals surface area contributed by atoms with Crippen LogP contribution in [0.1, 0.15) is 20.3 Å². The van der Waals surface area contributed by atoms with Crippen molar-refractivity contribution in [1.82, 2.24) is 19.9 Å². The van der Waals surface area contributed by atoms with Gasteiger partial charge in [0.15, 0.2) is 11.4 Å². The molecule has 3 aliphatic heterocycles. The summed E-state index contributed by atoms with van der Waals surface area (Å²) < 4.78 is 35.9. The summed E-state index contributed by atoms with van der Waals surface area (Å²) in [5, 5.41) is 16.0. The molecule has 1 aromatic carbocycles. The molecule has 2 atom stereocenters. The maximum atomic E-state index is 14.5. The number of aryl methyl sites for hydroxylation is 1. The molecule has 3 fully saturated rings. The second-order valence-electron chi connectivity index (χ2n) is 8.50. The standard InChI is InChI=1S/C20H23F2N5O2S/c1-19(2,28)20(21,22)29-14-5-4-13(17-23-6-7-30-17)15-16(14)26(3)18(25-15)27-9-11-8-12(10-27)24-11/h4-7,11-12,24,28H,8-10H2,1-3H3. The lowest BCUT2D eigenvalue weighted by Crippen LogP contribution is -2.67. The lowest BCUT2D eigenvalue weighted by atomic mass is 9.92. The maximum absolute atomic E-state index is 14.5. The average molecular weight is 436 g/mol. The van der Waals surface area contributed by atoms with Crippen LogP contribution < -0.4 is 15.0 Å². The molecule has 7 nitrogen and oxygen atoms in total. The summed E-state index contributed by atoms with van der Waals surface area (Å²) in [4.78, 5) is 11.4. The molecule has 2 unspecified atom stereocenters. The fourth-order valence-electron chi connectivity index (χ4n) is 4.11. The predicted octanol–water partition coefficient (Wildman–Crippen LogP) is 2.99. The molecule has 0 amide bonds. The monoisotopic (exact) mass is 435 g/mol. The number of halogens is 2. The lowest BCUT2D eigenvalue weighted by molar-refractivity contribution is -0.275.